The van der Waals surface area contributed by atoms with E-state index in [1.165, 1.54) is 4.90 Å². The number of carbonyl (C=O) groups is 2. The van der Waals surface area contributed by atoms with Crippen LogP contribution in [0, 0.1) is 0 Å². The Labute approximate surface area is 93.5 Å². The SMILES string of the molecule is CCC1NC(=O)CN(c2cccnc2)C1=O. The lowest BCUT2D eigenvalue weighted by atomic mass is 10.1. The summed E-state index contributed by atoms with van der Waals surface area (Å²) in [5, 5.41) is 2.66. The zero-order valence-corrected chi connectivity index (χ0v) is 9.01. The Hall–Kier alpha value is -1.91. The minimum absolute atomic E-state index is 0.0705. The standard InChI is InChI=1S/C11H13N3O2/c1-2-9-11(16)14(7-10(15)13-9)8-4-3-5-12-6-8/h3-6,9H,2,7H2,1H3,(H,13,15). The average Bonchev–Trinajstić information content (AvgIpc) is 2.33. The summed E-state index contributed by atoms with van der Waals surface area (Å²) in [7, 11) is 0. The molecular weight excluding hydrogens is 206 g/mol. The van der Waals surface area contributed by atoms with Gasteiger partial charge in [0.1, 0.15) is 12.6 Å². The molecule has 1 atom stereocenters. The summed E-state index contributed by atoms with van der Waals surface area (Å²) < 4.78 is 0. The zero-order chi connectivity index (χ0) is 11.5. The van der Waals surface area contributed by atoms with E-state index in [2.05, 4.69) is 10.3 Å². The van der Waals surface area contributed by atoms with Gasteiger partial charge in [-0.3, -0.25) is 19.5 Å². The fraction of sp³-hybridized carbons (Fsp3) is 0.364. The number of hydrogen-bond acceptors (Lipinski definition) is 3. The van der Waals surface area contributed by atoms with Crippen LogP contribution >= 0.6 is 0 Å². The third-order valence-corrected chi connectivity index (χ3v) is 2.57. The van der Waals surface area contributed by atoms with Gasteiger partial charge in [-0.05, 0) is 18.6 Å². The molecule has 0 aliphatic carbocycles. The third kappa shape index (κ3) is 1.88. The van der Waals surface area contributed by atoms with E-state index < -0.39 is 6.04 Å². The molecule has 5 nitrogen and oxygen atoms in total. The molecule has 1 saturated heterocycles. The average molecular weight is 219 g/mol. The van der Waals surface area contributed by atoms with Crippen LogP contribution in [-0.4, -0.2) is 29.4 Å². The highest BCUT2D eigenvalue weighted by Crippen LogP contribution is 2.16. The second-order valence-electron chi connectivity index (χ2n) is 3.66. The Morgan fingerprint density at radius 3 is 3.00 bits per heavy atom. The van der Waals surface area contributed by atoms with E-state index in [1.807, 2.05) is 6.92 Å². The van der Waals surface area contributed by atoms with Crippen molar-refractivity contribution < 1.29 is 9.59 Å². The molecule has 1 aliphatic heterocycles. The van der Waals surface area contributed by atoms with Crippen LogP contribution in [0.1, 0.15) is 13.3 Å². The van der Waals surface area contributed by atoms with Crippen LogP contribution in [0.15, 0.2) is 24.5 Å². The third-order valence-electron chi connectivity index (χ3n) is 2.57. The van der Waals surface area contributed by atoms with E-state index in [0.717, 1.165) is 0 Å². The second kappa shape index (κ2) is 4.30. The summed E-state index contributed by atoms with van der Waals surface area (Å²) in [6.45, 7) is 1.94. The maximum Gasteiger partial charge on any atom is 0.250 e. The predicted octanol–water partition coefficient (Wildman–Crippen LogP) is 0.323. The molecule has 84 valence electrons. The van der Waals surface area contributed by atoms with Gasteiger partial charge in [-0.1, -0.05) is 6.92 Å². The van der Waals surface area contributed by atoms with Gasteiger partial charge < -0.3 is 5.32 Å². The van der Waals surface area contributed by atoms with Crippen LogP contribution in [0.2, 0.25) is 0 Å². The number of hydrogen-bond donors (Lipinski definition) is 1. The van der Waals surface area contributed by atoms with Gasteiger partial charge in [0.2, 0.25) is 11.8 Å². The van der Waals surface area contributed by atoms with Gasteiger partial charge in [-0.15, -0.1) is 0 Å². The van der Waals surface area contributed by atoms with E-state index in [1.54, 1.807) is 24.5 Å². The molecule has 2 amide bonds. The predicted molar refractivity (Wildman–Crippen MR) is 58.8 cm³/mol. The molecule has 0 saturated carbocycles. The van der Waals surface area contributed by atoms with Gasteiger partial charge in [0.15, 0.2) is 0 Å². The fourth-order valence-electron chi connectivity index (χ4n) is 1.72. The highest BCUT2D eigenvalue weighted by atomic mass is 16.2. The number of amides is 2. The first-order chi connectivity index (χ1) is 7.72. The number of anilines is 1. The van der Waals surface area contributed by atoms with Crippen molar-refractivity contribution in [1.82, 2.24) is 10.3 Å². The van der Waals surface area contributed by atoms with Gasteiger partial charge >= 0.3 is 0 Å². The highest BCUT2D eigenvalue weighted by molar-refractivity contribution is 6.06. The maximum atomic E-state index is 12.0. The molecule has 1 aromatic heterocycles. The molecule has 1 N–H and O–H groups in total. The number of pyridine rings is 1. The second-order valence-corrected chi connectivity index (χ2v) is 3.66. The zero-order valence-electron chi connectivity index (χ0n) is 9.01. The Kier molecular flexibility index (Phi) is 2.85. The number of nitrogens with zero attached hydrogens (tertiary/aromatic N) is 2. The minimum atomic E-state index is -0.415. The van der Waals surface area contributed by atoms with Crippen LogP contribution in [0.4, 0.5) is 5.69 Å². The molecule has 1 fully saturated rings. The molecule has 1 unspecified atom stereocenters. The fourth-order valence-corrected chi connectivity index (χ4v) is 1.72. The smallest absolute Gasteiger partial charge is 0.250 e. The Morgan fingerprint density at radius 1 is 1.56 bits per heavy atom. The minimum Gasteiger partial charge on any atom is -0.343 e. The normalized spacial score (nSPS) is 20.8. The van der Waals surface area contributed by atoms with Crippen LogP contribution in [0.5, 0.6) is 0 Å². The van der Waals surface area contributed by atoms with Gasteiger partial charge in [0, 0.05) is 6.20 Å². The van der Waals surface area contributed by atoms with E-state index in [9.17, 15) is 9.59 Å². The first kappa shape index (κ1) is 10.6. The summed E-state index contributed by atoms with van der Waals surface area (Å²) in [6.07, 6.45) is 3.82. The van der Waals surface area contributed by atoms with Crippen LogP contribution in [-0.2, 0) is 9.59 Å². The van der Waals surface area contributed by atoms with E-state index in [0.29, 0.717) is 12.1 Å². The van der Waals surface area contributed by atoms with E-state index in [4.69, 9.17) is 0 Å². The van der Waals surface area contributed by atoms with Crippen molar-refractivity contribution in [1.29, 1.82) is 0 Å². The molecule has 2 heterocycles. The van der Waals surface area contributed by atoms with Crippen molar-refractivity contribution in [2.45, 2.75) is 19.4 Å². The summed E-state index contributed by atoms with van der Waals surface area (Å²) in [6, 6.07) is 3.10. The molecule has 0 aromatic carbocycles. The number of rotatable bonds is 2. The van der Waals surface area contributed by atoms with Crippen LogP contribution in [0.25, 0.3) is 0 Å². The molecule has 0 spiro atoms. The van der Waals surface area contributed by atoms with Crippen molar-refractivity contribution in [2.75, 3.05) is 11.4 Å². The van der Waals surface area contributed by atoms with Crippen molar-refractivity contribution in [3.8, 4) is 0 Å². The first-order valence-corrected chi connectivity index (χ1v) is 5.23. The lowest BCUT2D eigenvalue weighted by Gasteiger charge is -2.31. The number of piperazine rings is 1. The first-order valence-electron chi connectivity index (χ1n) is 5.23. The van der Waals surface area contributed by atoms with E-state index in [-0.39, 0.29) is 18.4 Å². The molecule has 1 aromatic rings. The summed E-state index contributed by atoms with van der Waals surface area (Å²) in [5.74, 6) is -0.203. The molecule has 0 bridgehead atoms. The van der Waals surface area contributed by atoms with Gasteiger partial charge in [-0.2, -0.15) is 0 Å². The number of carbonyl (C=O) groups excluding carboxylic acids is 2. The quantitative estimate of drug-likeness (QED) is 0.779. The van der Waals surface area contributed by atoms with Crippen molar-refractivity contribution in [3.63, 3.8) is 0 Å². The summed E-state index contributed by atoms with van der Waals surface area (Å²) in [5.41, 5.74) is 0.667. The monoisotopic (exact) mass is 219 g/mol. The van der Waals surface area contributed by atoms with Gasteiger partial charge in [-0.25, -0.2) is 0 Å². The van der Waals surface area contributed by atoms with Crippen molar-refractivity contribution in [2.24, 2.45) is 0 Å². The maximum absolute atomic E-state index is 12.0. The molecule has 5 heteroatoms. The van der Waals surface area contributed by atoms with E-state index >= 15 is 0 Å². The van der Waals surface area contributed by atoms with Gasteiger partial charge in [0.05, 0.1) is 11.9 Å². The largest absolute Gasteiger partial charge is 0.343 e. The Morgan fingerprint density at radius 2 is 2.38 bits per heavy atom. The molecule has 1 aliphatic rings. The Balaban J connectivity index is 2.27. The Bertz CT molecular complexity index is 405. The molecule has 0 radical (unpaired) electrons. The molecule has 2 rings (SSSR count). The van der Waals surface area contributed by atoms with Gasteiger partial charge in [0.25, 0.3) is 0 Å². The summed E-state index contributed by atoms with van der Waals surface area (Å²) in [4.78, 5) is 28.8. The molecular formula is C11H13N3O2. The summed E-state index contributed by atoms with van der Waals surface area (Å²) >= 11 is 0. The van der Waals surface area contributed by atoms with Crippen molar-refractivity contribution >= 4 is 17.5 Å². The lowest BCUT2D eigenvalue weighted by Crippen LogP contribution is -2.58. The topological polar surface area (TPSA) is 62.3 Å². The van der Waals surface area contributed by atoms with Crippen LogP contribution in [0.3, 0.4) is 0 Å². The number of aromatic nitrogens is 1. The van der Waals surface area contributed by atoms with Crippen molar-refractivity contribution in [3.05, 3.63) is 24.5 Å². The van der Waals surface area contributed by atoms with Crippen LogP contribution < -0.4 is 10.2 Å². The lowest BCUT2D eigenvalue weighted by molar-refractivity contribution is -0.131. The number of nitrogens with one attached hydrogen (secondary N) is 1. The molecule has 16 heavy (non-hydrogen) atoms. The highest BCUT2D eigenvalue weighted by Gasteiger charge is 2.32.